The number of aliphatic hydroxyl groups excluding tert-OH is 1. The predicted molar refractivity (Wildman–Crippen MR) is 73.9 cm³/mol. The number of nitrogens with one attached hydrogen (secondary N) is 1. The van der Waals surface area contributed by atoms with Gasteiger partial charge in [-0.25, -0.2) is 0 Å². The van der Waals surface area contributed by atoms with Gasteiger partial charge in [0.05, 0.1) is 0 Å². The van der Waals surface area contributed by atoms with Crippen molar-refractivity contribution in [1.29, 1.82) is 0 Å². The van der Waals surface area contributed by atoms with Crippen LogP contribution < -0.4 is 5.32 Å². The third-order valence-corrected chi connectivity index (χ3v) is 3.10. The van der Waals surface area contributed by atoms with Crippen molar-refractivity contribution in [2.75, 3.05) is 13.2 Å². The third kappa shape index (κ3) is 5.07. The molecule has 1 rings (SSSR count). The first-order chi connectivity index (χ1) is 8.44. The Balaban J connectivity index is 2.48. The number of amides is 1. The lowest BCUT2D eigenvalue weighted by atomic mass is 9.88. The zero-order valence-electron chi connectivity index (χ0n) is 10.9. The van der Waals surface area contributed by atoms with E-state index < -0.39 is 0 Å². The summed E-state index contributed by atoms with van der Waals surface area (Å²) in [6.45, 7) is 4.93. The maximum Gasteiger partial charge on any atom is 0.251 e. The van der Waals surface area contributed by atoms with E-state index in [1.54, 1.807) is 24.3 Å². The molecule has 0 fully saturated rings. The quantitative estimate of drug-likeness (QED) is 0.834. The lowest BCUT2D eigenvalue weighted by Crippen LogP contribution is -2.34. The summed E-state index contributed by atoms with van der Waals surface area (Å²) < 4.78 is 0. The Morgan fingerprint density at radius 3 is 2.50 bits per heavy atom. The molecule has 0 heterocycles. The molecular formula is C14H20ClNO2. The molecule has 1 amide bonds. The number of hydrogen-bond donors (Lipinski definition) is 2. The van der Waals surface area contributed by atoms with E-state index in [1.807, 2.05) is 0 Å². The summed E-state index contributed by atoms with van der Waals surface area (Å²) in [7, 11) is 0. The minimum absolute atomic E-state index is 0.00911. The van der Waals surface area contributed by atoms with E-state index in [0.717, 1.165) is 12.8 Å². The molecular weight excluding hydrogens is 250 g/mol. The van der Waals surface area contributed by atoms with Gasteiger partial charge in [-0.1, -0.05) is 25.4 Å². The molecule has 0 aliphatic carbocycles. The number of halogens is 1. The van der Waals surface area contributed by atoms with Gasteiger partial charge in [-0.15, -0.1) is 0 Å². The van der Waals surface area contributed by atoms with Crippen LogP contribution in [0.3, 0.4) is 0 Å². The highest BCUT2D eigenvalue weighted by atomic mass is 35.5. The summed E-state index contributed by atoms with van der Waals surface area (Å²) in [6.07, 6.45) is 1.63. The molecule has 3 nitrogen and oxygen atoms in total. The van der Waals surface area contributed by atoms with Crippen LogP contribution in [0.4, 0.5) is 0 Å². The maximum absolute atomic E-state index is 11.9. The molecule has 0 aromatic heterocycles. The van der Waals surface area contributed by atoms with Gasteiger partial charge >= 0.3 is 0 Å². The summed E-state index contributed by atoms with van der Waals surface area (Å²) in [4.78, 5) is 11.9. The van der Waals surface area contributed by atoms with E-state index in [9.17, 15) is 4.79 Å². The normalized spacial score (nSPS) is 11.3. The highest BCUT2D eigenvalue weighted by molar-refractivity contribution is 6.30. The Kier molecular flexibility index (Phi) is 5.63. The average molecular weight is 270 g/mol. The molecule has 0 spiro atoms. The molecule has 0 aliphatic rings. The second-order valence-corrected chi connectivity index (χ2v) is 5.62. The van der Waals surface area contributed by atoms with Crippen molar-refractivity contribution in [3.05, 3.63) is 34.9 Å². The van der Waals surface area contributed by atoms with Gasteiger partial charge < -0.3 is 10.4 Å². The van der Waals surface area contributed by atoms with Crippen molar-refractivity contribution in [2.24, 2.45) is 5.41 Å². The second kappa shape index (κ2) is 6.76. The molecule has 18 heavy (non-hydrogen) atoms. The first kappa shape index (κ1) is 15.0. The Hall–Kier alpha value is -1.06. The number of aliphatic hydroxyl groups is 1. The lowest BCUT2D eigenvalue weighted by Gasteiger charge is -2.24. The first-order valence-electron chi connectivity index (χ1n) is 6.09. The van der Waals surface area contributed by atoms with Crippen LogP contribution in [0.25, 0.3) is 0 Å². The van der Waals surface area contributed by atoms with Crippen LogP contribution in [0, 0.1) is 5.41 Å². The number of hydrogen-bond acceptors (Lipinski definition) is 2. The second-order valence-electron chi connectivity index (χ2n) is 5.18. The Morgan fingerprint density at radius 2 is 1.94 bits per heavy atom. The molecule has 2 N–H and O–H groups in total. The van der Waals surface area contributed by atoms with Crippen molar-refractivity contribution < 1.29 is 9.90 Å². The summed E-state index contributed by atoms with van der Waals surface area (Å²) >= 11 is 5.77. The van der Waals surface area contributed by atoms with Crippen LogP contribution >= 0.6 is 11.6 Å². The summed E-state index contributed by atoms with van der Waals surface area (Å²) in [5, 5.41) is 12.3. The third-order valence-electron chi connectivity index (χ3n) is 2.85. The molecule has 0 saturated heterocycles. The number of rotatable bonds is 6. The van der Waals surface area contributed by atoms with Crippen LogP contribution in [0.2, 0.25) is 5.02 Å². The highest BCUT2D eigenvalue weighted by Crippen LogP contribution is 2.21. The molecule has 0 aliphatic heterocycles. The van der Waals surface area contributed by atoms with E-state index in [-0.39, 0.29) is 17.9 Å². The van der Waals surface area contributed by atoms with Crippen molar-refractivity contribution in [3.63, 3.8) is 0 Å². The van der Waals surface area contributed by atoms with Crippen LogP contribution in [0.1, 0.15) is 37.0 Å². The van der Waals surface area contributed by atoms with Crippen LogP contribution in [0.15, 0.2) is 24.3 Å². The molecule has 0 bridgehead atoms. The van der Waals surface area contributed by atoms with Gasteiger partial charge in [0.2, 0.25) is 0 Å². The van der Waals surface area contributed by atoms with Gasteiger partial charge in [-0.2, -0.15) is 0 Å². The molecule has 4 heteroatoms. The highest BCUT2D eigenvalue weighted by Gasteiger charge is 2.18. The van der Waals surface area contributed by atoms with Crippen LogP contribution in [0.5, 0.6) is 0 Å². The zero-order chi connectivity index (χ0) is 13.6. The Bertz CT molecular complexity index is 387. The summed E-state index contributed by atoms with van der Waals surface area (Å²) in [6, 6.07) is 6.82. The minimum Gasteiger partial charge on any atom is -0.396 e. The van der Waals surface area contributed by atoms with Gasteiger partial charge in [0.25, 0.3) is 5.91 Å². The Morgan fingerprint density at radius 1 is 1.33 bits per heavy atom. The minimum atomic E-state index is -0.0938. The van der Waals surface area contributed by atoms with Crippen LogP contribution in [-0.4, -0.2) is 24.2 Å². The van der Waals surface area contributed by atoms with E-state index in [4.69, 9.17) is 16.7 Å². The number of carbonyl (C=O) groups is 1. The van der Waals surface area contributed by atoms with E-state index in [1.165, 1.54) is 0 Å². The maximum atomic E-state index is 11.9. The van der Waals surface area contributed by atoms with Crippen LogP contribution in [-0.2, 0) is 0 Å². The number of carbonyl (C=O) groups excluding carboxylic acids is 1. The molecule has 0 saturated carbocycles. The van der Waals surface area contributed by atoms with Crippen molar-refractivity contribution in [2.45, 2.75) is 26.7 Å². The van der Waals surface area contributed by atoms with E-state index in [2.05, 4.69) is 19.2 Å². The molecule has 1 aromatic rings. The smallest absolute Gasteiger partial charge is 0.251 e. The van der Waals surface area contributed by atoms with Gasteiger partial charge in [-0.3, -0.25) is 4.79 Å². The predicted octanol–water partition coefficient (Wildman–Crippen LogP) is 2.87. The van der Waals surface area contributed by atoms with E-state index >= 15 is 0 Å². The first-order valence-corrected chi connectivity index (χ1v) is 6.47. The molecule has 0 unspecified atom stereocenters. The van der Waals surface area contributed by atoms with Gasteiger partial charge in [0, 0.05) is 23.7 Å². The SMILES string of the molecule is CC(C)(CCCO)CNC(=O)c1ccc(Cl)cc1. The fraction of sp³-hybridized carbons (Fsp3) is 0.500. The van der Waals surface area contributed by atoms with Crippen molar-refractivity contribution >= 4 is 17.5 Å². The van der Waals surface area contributed by atoms with Gasteiger partial charge in [0.15, 0.2) is 0 Å². The fourth-order valence-electron chi connectivity index (χ4n) is 1.67. The fourth-order valence-corrected chi connectivity index (χ4v) is 1.79. The average Bonchev–Trinajstić information content (AvgIpc) is 2.35. The lowest BCUT2D eigenvalue weighted by molar-refractivity contribution is 0.0933. The molecule has 100 valence electrons. The summed E-state index contributed by atoms with van der Waals surface area (Å²) in [5.41, 5.74) is 0.600. The monoisotopic (exact) mass is 269 g/mol. The molecule has 0 radical (unpaired) electrons. The Labute approximate surface area is 113 Å². The standard InChI is InChI=1S/C14H20ClNO2/c1-14(2,8-3-9-17)10-16-13(18)11-4-6-12(15)7-5-11/h4-7,17H,3,8-10H2,1-2H3,(H,16,18). The zero-order valence-corrected chi connectivity index (χ0v) is 11.6. The molecule has 0 atom stereocenters. The number of benzene rings is 1. The van der Waals surface area contributed by atoms with Crippen molar-refractivity contribution in [1.82, 2.24) is 5.32 Å². The van der Waals surface area contributed by atoms with Gasteiger partial charge in [0.1, 0.15) is 0 Å². The largest absolute Gasteiger partial charge is 0.396 e. The topological polar surface area (TPSA) is 49.3 Å². The van der Waals surface area contributed by atoms with E-state index in [0.29, 0.717) is 17.1 Å². The summed E-state index contributed by atoms with van der Waals surface area (Å²) in [5.74, 6) is -0.0938. The molecule has 1 aromatic carbocycles. The van der Waals surface area contributed by atoms with Crippen molar-refractivity contribution in [3.8, 4) is 0 Å². The van der Waals surface area contributed by atoms with Gasteiger partial charge in [-0.05, 0) is 42.5 Å².